The Morgan fingerprint density at radius 2 is 1.23 bits per heavy atom. The summed E-state index contributed by atoms with van der Waals surface area (Å²) in [4.78, 5) is 10.1. The summed E-state index contributed by atoms with van der Waals surface area (Å²) in [5.41, 5.74) is 6.65. The first kappa shape index (κ1) is 18.4. The maximum atomic E-state index is 5.13. The lowest BCUT2D eigenvalue weighted by atomic mass is 10.1. The maximum Gasteiger partial charge on any atom is 0.166 e. The van der Waals surface area contributed by atoms with Crippen molar-refractivity contribution in [1.29, 1.82) is 0 Å². The summed E-state index contributed by atoms with van der Waals surface area (Å²) in [5, 5.41) is 3.71. The highest BCUT2D eigenvalue weighted by molar-refractivity contribution is 5.91. The Hall–Kier alpha value is -3.66. The fourth-order valence-electron chi connectivity index (χ4n) is 3.79. The lowest BCUT2D eigenvalue weighted by molar-refractivity contribution is 0.630. The van der Waals surface area contributed by atoms with Crippen molar-refractivity contribution in [3.63, 3.8) is 0 Å². The fraction of sp³-hybridized carbons (Fsp3) is 0.154. The molecule has 30 heavy (non-hydrogen) atoms. The second kappa shape index (κ2) is 6.99. The monoisotopic (exact) mass is 392 g/mol. The van der Waals surface area contributed by atoms with Crippen molar-refractivity contribution in [2.45, 2.75) is 26.3 Å². The van der Waals surface area contributed by atoms with Crippen molar-refractivity contribution in [3.05, 3.63) is 84.9 Å². The molecule has 0 unspecified atom stereocenters. The van der Waals surface area contributed by atoms with Crippen LogP contribution >= 0.6 is 0 Å². The molecule has 1 N–H and O–H groups in total. The smallest absolute Gasteiger partial charge is 0.166 e. The highest BCUT2D eigenvalue weighted by Crippen LogP contribution is 2.36. The van der Waals surface area contributed by atoms with E-state index in [0.717, 1.165) is 45.0 Å². The van der Waals surface area contributed by atoms with E-state index in [1.807, 2.05) is 30.3 Å². The zero-order valence-electron chi connectivity index (χ0n) is 17.4. The number of aromatic nitrogens is 3. The summed E-state index contributed by atoms with van der Waals surface area (Å²) in [6.07, 6.45) is 0. The summed E-state index contributed by atoms with van der Waals surface area (Å²) in [6.45, 7) is 6.51. The molecule has 0 amide bonds. The fourth-order valence-corrected chi connectivity index (χ4v) is 3.79. The SMILES string of the molecule is CC(C)(C)Nc1c(-c2ccccc2)nc2c(-c3ccccc3)nc3ccccc3n12. The third kappa shape index (κ3) is 3.20. The van der Waals surface area contributed by atoms with Crippen LogP contribution in [-0.2, 0) is 0 Å². The second-order valence-electron chi connectivity index (χ2n) is 8.52. The van der Waals surface area contributed by atoms with Crippen molar-refractivity contribution >= 4 is 22.5 Å². The van der Waals surface area contributed by atoms with Crippen LogP contribution in [0, 0.1) is 0 Å². The highest BCUT2D eigenvalue weighted by atomic mass is 15.2. The van der Waals surface area contributed by atoms with Crippen LogP contribution in [0.3, 0.4) is 0 Å². The van der Waals surface area contributed by atoms with Crippen molar-refractivity contribution in [1.82, 2.24) is 14.4 Å². The minimum Gasteiger partial charge on any atom is -0.365 e. The molecule has 0 spiro atoms. The average molecular weight is 393 g/mol. The van der Waals surface area contributed by atoms with E-state index in [9.17, 15) is 0 Å². The molecule has 0 radical (unpaired) electrons. The van der Waals surface area contributed by atoms with Gasteiger partial charge in [-0.05, 0) is 32.9 Å². The van der Waals surface area contributed by atoms with Crippen LogP contribution in [0.2, 0.25) is 0 Å². The molecule has 2 aromatic heterocycles. The lowest BCUT2D eigenvalue weighted by Crippen LogP contribution is -2.27. The average Bonchev–Trinajstić information content (AvgIpc) is 3.12. The van der Waals surface area contributed by atoms with Gasteiger partial charge in [-0.3, -0.25) is 4.40 Å². The molecular weight excluding hydrogens is 368 g/mol. The molecule has 4 nitrogen and oxygen atoms in total. The molecule has 2 heterocycles. The Kier molecular flexibility index (Phi) is 4.28. The minimum atomic E-state index is -0.128. The summed E-state index contributed by atoms with van der Waals surface area (Å²) in [7, 11) is 0. The number of benzene rings is 3. The molecule has 0 saturated heterocycles. The Morgan fingerprint density at radius 3 is 1.87 bits per heavy atom. The maximum absolute atomic E-state index is 5.13. The van der Waals surface area contributed by atoms with Gasteiger partial charge in [0.2, 0.25) is 0 Å². The van der Waals surface area contributed by atoms with Gasteiger partial charge < -0.3 is 5.32 Å². The Bertz CT molecular complexity index is 1330. The van der Waals surface area contributed by atoms with Crippen molar-refractivity contribution in [3.8, 4) is 22.5 Å². The van der Waals surface area contributed by atoms with Gasteiger partial charge in [0.05, 0.1) is 11.0 Å². The molecule has 148 valence electrons. The number of nitrogens with one attached hydrogen (secondary N) is 1. The molecule has 0 fully saturated rings. The second-order valence-corrected chi connectivity index (χ2v) is 8.52. The summed E-state index contributed by atoms with van der Waals surface area (Å²) in [5.74, 6) is 0.986. The Morgan fingerprint density at radius 1 is 0.667 bits per heavy atom. The summed E-state index contributed by atoms with van der Waals surface area (Å²) in [6, 6.07) is 28.9. The van der Waals surface area contributed by atoms with Gasteiger partial charge in [0.15, 0.2) is 5.65 Å². The molecule has 0 aliphatic rings. The van der Waals surface area contributed by atoms with Crippen LogP contribution in [-0.4, -0.2) is 19.9 Å². The van der Waals surface area contributed by atoms with Gasteiger partial charge in [0.25, 0.3) is 0 Å². The predicted molar refractivity (Wildman–Crippen MR) is 125 cm³/mol. The normalized spacial score (nSPS) is 11.8. The van der Waals surface area contributed by atoms with E-state index < -0.39 is 0 Å². The minimum absolute atomic E-state index is 0.128. The number of imidazole rings is 1. The largest absolute Gasteiger partial charge is 0.365 e. The first-order chi connectivity index (χ1) is 14.5. The molecule has 0 aliphatic heterocycles. The van der Waals surface area contributed by atoms with Gasteiger partial charge in [-0.25, -0.2) is 9.97 Å². The van der Waals surface area contributed by atoms with E-state index in [0.29, 0.717) is 0 Å². The van der Waals surface area contributed by atoms with Crippen molar-refractivity contribution in [2.75, 3.05) is 5.32 Å². The van der Waals surface area contributed by atoms with E-state index in [1.165, 1.54) is 0 Å². The van der Waals surface area contributed by atoms with Crippen molar-refractivity contribution < 1.29 is 0 Å². The quantitative estimate of drug-likeness (QED) is 0.385. The lowest BCUT2D eigenvalue weighted by Gasteiger charge is -2.23. The molecule has 0 aliphatic carbocycles. The Labute approximate surface area is 176 Å². The first-order valence-corrected chi connectivity index (χ1v) is 10.2. The van der Waals surface area contributed by atoms with Crippen LogP contribution in [0.5, 0.6) is 0 Å². The van der Waals surface area contributed by atoms with Crippen LogP contribution in [0.25, 0.3) is 39.2 Å². The van der Waals surface area contributed by atoms with E-state index >= 15 is 0 Å². The van der Waals surface area contributed by atoms with E-state index in [4.69, 9.17) is 9.97 Å². The van der Waals surface area contributed by atoms with Gasteiger partial charge in [-0.15, -0.1) is 0 Å². The molecule has 4 heteroatoms. The van der Waals surface area contributed by atoms with Crippen LogP contribution in [0.15, 0.2) is 84.9 Å². The van der Waals surface area contributed by atoms with Gasteiger partial charge in [-0.1, -0.05) is 72.8 Å². The van der Waals surface area contributed by atoms with Gasteiger partial charge >= 0.3 is 0 Å². The zero-order valence-corrected chi connectivity index (χ0v) is 17.4. The van der Waals surface area contributed by atoms with Gasteiger partial charge in [0, 0.05) is 16.7 Å². The van der Waals surface area contributed by atoms with E-state index in [1.54, 1.807) is 0 Å². The molecule has 5 rings (SSSR count). The topological polar surface area (TPSA) is 42.2 Å². The standard InChI is InChI=1S/C26H24N4/c1-26(2,3)29-25-23(19-14-8-5-9-15-19)28-24-22(18-12-6-4-7-13-18)27-20-16-10-11-17-21(20)30(24)25/h4-17,29H,1-3H3. The number of hydrogen-bond acceptors (Lipinski definition) is 3. The molecular formula is C26H24N4. The molecule has 0 saturated carbocycles. The Balaban J connectivity index is 1.94. The van der Waals surface area contributed by atoms with Crippen LogP contribution < -0.4 is 5.32 Å². The number of rotatable bonds is 3. The number of anilines is 1. The van der Waals surface area contributed by atoms with E-state index in [-0.39, 0.29) is 5.54 Å². The molecule has 0 atom stereocenters. The highest BCUT2D eigenvalue weighted by Gasteiger charge is 2.23. The first-order valence-electron chi connectivity index (χ1n) is 10.2. The van der Waals surface area contributed by atoms with E-state index in [2.05, 4.69) is 85.1 Å². The third-order valence-electron chi connectivity index (χ3n) is 5.03. The predicted octanol–water partition coefficient (Wildman–Crippen LogP) is 6.43. The van der Waals surface area contributed by atoms with Gasteiger partial charge in [0.1, 0.15) is 17.2 Å². The zero-order chi connectivity index (χ0) is 20.7. The number of para-hydroxylation sites is 2. The number of fused-ring (bicyclic) bond motifs is 3. The summed E-state index contributed by atoms with van der Waals surface area (Å²) < 4.78 is 2.22. The molecule has 5 aromatic rings. The number of nitrogens with zero attached hydrogens (tertiary/aromatic N) is 3. The van der Waals surface area contributed by atoms with Gasteiger partial charge in [-0.2, -0.15) is 0 Å². The summed E-state index contributed by atoms with van der Waals surface area (Å²) >= 11 is 0. The number of hydrogen-bond donors (Lipinski definition) is 1. The van der Waals surface area contributed by atoms with Crippen LogP contribution in [0.1, 0.15) is 20.8 Å². The van der Waals surface area contributed by atoms with Crippen molar-refractivity contribution in [2.24, 2.45) is 0 Å². The van der Waals surface area contributed by atoms with Crippen LogP contribution in [0.4, 0.5) is 5.82 Å². The molecule has 0 bridgehead atoms. The molecule has 3 aromatic carbocycles. The third-order valence-corrected chi connectivity index (χ3v) is 5.03.